The first-order valence-electron chi connectivity index (χ1n) is 2.49. The zero-order chi connectivity index (χ0) is 6.57. The van der Waals surface area contributed by atoms with E-state index in [0.717, 1.165) is 0 Å². The van der Waals surface area contributed by atoms with Gasteiger partial charge in [0.2, 0.25) is 0 Å². The van der Waals surface area contributed by atoms with Crippen molar-refractivity contribution in [2.24, 2.45) is 0 Å². The molecule has 0 aliphatic rings. The first-order chi connectivity index (χ1) is 3.72. The van der Waals surface area contributed by atoms with E-state index in [0.29, 0.717) is 5.75 Å². The standard InChI is InChI=1S/C5H9NOS/c1-3-8(7)5(2)4-6/h5H,3H2,1-2H3. The van der Waals surface area contributed by atoms with Gasteiger partial charge in [0.15, 0.2) is 0 Å². The lowest BCUT2D eigenvalue weighted by Crippen LogP contribution is -2.08. The van der Waals surface area contributed by atoms with Crippen molar-refractivity contribution in [3.63, 3.8) is 0 Å². The molecule has 0 saturated carbocycles. The highest BCUT2D eigenvalue weighted by atomic mass is 32.2. The molecule has 2 unspecified atom stereocenters. The normalized spacial score (nSPS) is 16.6. The van der Waals surface area contributed by atoms with Crippen LogP contribution in [0.4, 0.5) is 0 Å². The fraction of sp³-hybridized carbons (Fsp3) is 0.800. The molecular weight excluding hydrogens is 122 g/mol. The zero-order valence-electron chi connectivity index (χ0n) is 5.05. The molecule has 0 amide bonds. The van der Waals surface area contributed by atoms with Gasteiger partial charge in [-0.15, -0.1) is 0 Å². The van der Waals surface area contributed by atoms with E-state index in [4.69, 9.17) is 5.26 Å². The smallest absolute Gasteiger partial charge is 0.119 e. The molecular formula is C5H9NOS. The van der Waals surface area contributed by atoms with Gasteiger partial charge in [-0.05, 0) is 6.92 Å². The molecule has 0 aromatic heterocycles. The number of nitrogens with zero attached hydrogens (tertiary/aromatic N) is 1. The van der Waals surface area contributed by atoms with Crippen molar-refractivity contribution >= 4 is 10.8 Å². The van der Waals surface area contributed by atoms with Crippen LogP contribution in [0.5, 0.6) is 0 Å². The molecule has 0 bridgehead atoms. The van der Waals surface area contributed by atoms with Gasteiger partial charge in [0.05, 0.1) is 6.07 Å². The Kier molecular flexibility index (Phi) is 3.46. The summed E-state index contributed by atoms with van der Waals surface area (Å²) in [5, 5.41) is 7.89. The van der Waals surface area contributed by atoms with Gasteiger partial charge < -0.3 is 0 Å². The first-order valence-corrected chi connectivity index (χ1v) is 3.87. The van der Waals surface area contributed by atoms with E-state index < -0.39 is 10.8 Å². The maximum Gasteiger partial charge on any atom is 0.119 e. The largest absolute Gasteiger partial charge is 0.258 e. The van der Waals surface area contributed by atoms with Crippen LogP contribution in [0.2, 0.25) is 0 Å². The van der Waals surface area contributed by atoms with E-state index in [-0.39, 0.29) is 5.25 Å². The molecule has 2 nitrogen and oxygen atoms in total. The first kappa shape index (κ1) is 7.64. The Hall–Kier alpha value is -0.360. The molecule has 0 rings (SSSR count). The Labute approximate surface area is 52.0 Å². The highest BCUT2D eigenvalue weighted by Crippen LogP contribution is 1.91. The fourth-order valence-corrected chi connectivity index (χ4v) is 0.926. The summed E-state index contributed by atoms with van der Waals surface area (Å²) in [5.74, 6) is 0.578. The number of rotatable bonds is 2. The van der Waals surface area contributed by atoms with Crippen molar-refractivity contribution in [1.29, 1.82) is 5.26 Å². The van der Waals surface area contributed by atoms with Crippen LogP contribution in [0.3, 0.4) is 0 Å². The lowest BCUT2D eigenvalue weighted by Gasteiger charge is -1.95. The van der Waals surface area contributed by atoms with Crippen molar-refractivity contribution in [3.05, 3.63) is 0 Å². The summed E-state index contributed by atoms with van der Waals surface area (Å²) in [4.78, 5) is 0. The zero-order valence-corrected chi connectivity index (χ0v) is 5.86. The third-order valence-corrected chi connectivity index (χ3v) is 2.32. The van der Waals surface area contributed by atoms with Crippen LogP contribution >= 0.6 is 0 Å². The quantitative estimate of drug-likeness (QED) is 0.552. The predicted octanol–water partition coefficient (Wildman–Crippen LogP) is 0.667. The highest BCUT2D eigenvalue weighted by molar-refractivity contribution is 7.85. The summed E-state index contributed by atoms with van der Waals surface area (Å²) < 4.78 is 10.6. The minimum atomic E-state index is -0.933. The van der Waals surface area contributed by atoms with E-state index in [2.05, 4.69) is 0 Å². The molecule has 0 fully saturated rings. The molecule has 46 valence electrons. The molecule has 0 aromatic carbocycles. The Morgan fingerprint density at radius 3 is 2.50 bits per heavy atom. The summed E-state index contributed by atoms with van der Waals surface area (Å²) in [6.45, 7) is 3.48. The average molecular weight is 131 g/mol. The molecule has 8 heavy (non-hydrogen) atoms. The highest BCUT2D eigenvalue weighted by Gasteiger charge is 2.04. The third kappa shape index (κ3) is 2.08. The van der Waals surface area contributed by atoms with Crippen LogP contribution in [-0.4, -0.2) is 15.2 Å². The maximum absolute atomic E-state index is 10.6. The molecule has 2 atom stereocenters. The summed E-state index contributed by atoms with van der Waals surface area (Å²) in [7, 11) is -0.933. The van der Waals surface area contributed by atoms with Crippen LogP contribution in [-0.2, 0) is 10.8 Å². The van der Waals surface area contributed by atoms with Crippen molar-refractivity contribution in [2.45, 2.75) is 19.1 Å². The van der Waals surface area contributed by atoms with Gasteiger partial charge in [-0.1, -0.05) is 6.92 Å². The molecule has 3 heteroatoms. The van der Waals surface area contributed by atoms with E-state index in [1.165, 1.54) is 0 Å². The molecule has 0 aromatic rings. The Morgan fingerprint density at radius 2 is 2.38 bits per heavy atom. The predicted molar refractivity (Wildman–Crippen MR) is 33.8 cm³/mol. The molecule has 0 aliphatic heterocycles. The second-order valence-electron chi connectivity index (χ2n) is 1.44. The number of hydrogen-bond donors (Lipinski definition) is 0. The van der Waals surface area contributed by atoms with Gasteiger partial charge in [-0.25, -0.2) is 0 Å². The minimum absolute atomic E-state index is 0.306. The Morgan fingerprint density at radius 1 is 1.88 bits per heavy atom. The molecule has 0 saturated heterocycles. The summed E-state index contributed by atoms with van der Waals surface area (Å²) in [5.41, 5.74) is 0. The number of hydrogen-bond acceptors (Lipinski definition) is 2. The van der Waals surface area contributed by atoms with Crippen LogP contribution in [0.25, 0.3) is 0 Å². The van der Waals surface area contributed by atoms with Crippen molar-refractivity contribution in [1.82, 2.24) is 0 Å². The van der Waals surface area contributed by atoms with Crippen LogP contribution in [0.1, 0.15) is 13.8 Å². The Bertz CT molecular complexity index is 127. The summed E-state index contributed by atoms with van der Waals surface area (Å²) in [6, 6.07) is 1.92. The van der Waals surface area contributed by atoms with Crippen LogP contribution in [0.15, 0.2) is 0 Å². The van der Waals surface area contributed by atoms with E-state index in [1.54, 1.807) is 6.92 Å². The van der Waals surface area contributed by atoms with E-state index in [1.807, 2.05) is 13.0 Å². The molecule has 0 heterocycles. The second kappa shape index (κ2) is 3.62. The molecule has 0 aliphatic carbocycles. The van der Waals surface area contributed by atoms with Gasteiger partial charge >= 0.3 is 0 Å². The van der Waals surface area contributed by atoms with Gasteiger partial charge in [0.25, 0.3) is 0 Å². The maximum atomic E-state index is 10.6. The second-order valence-corrected chi connectivity index (χ2v) is 3.49. The monoisotopic (exact) mass is 131 g/mol. The lowest BCUT2D eigenvalue weighted by molar-refractivity contribution is 0.681. The number of nitriles is 1. The van der Waals surface area contributed by atoms with Crippen LogP contribution < -0.4 is 0 Å². The summed E-state index contributed by atoms with van der Waals surface area (Å²) >= 11 is 0. The Balaban J connectivity index is 3.68. The fourth-order valence-electron chi connectivity index (χ4n) is 0.309. The van der Waals surface area contributed by atoms with Crippen LogP contribution in [0, 0.1) is 11.3 Å². The lowest BCUT2D eigenvalue weighted by atomic mass is 10.5. The average Bonchev–Trinajstić information content (AvgIpc) is 1.84. The van der Waals surface area contributed by atoms with Crippen molar-refractivity contribution < 1.29 is 4.21 Å². The third-order valence-electron chi connectivity index (χ3n) is 0.861. The molecule has 0 spiro atoms. The SMILES string of the molecule is CCS(=O)C(C)C#N. The van der Waals surface area contributed by atoms with Gasteiger partial charge in [-0.2, -0.15) is 5.26 Å². The molecule has 0 radical (unpaired) electrons. The van der Waals surface area contributed by atoms with E-state index >= 15 is 0 Å². The van der Waals surface area contributed by atoms with Gasteiger partial charge in [0.1, 0.15) is 5.25 Å². The van der Waals surface area contributed by atoms with Crippen molar-refractivity contribution in [2.75, 3.05) is 5.75 Å². The topological polar surface area (TPSA) is 40.9 Å². The van der Waals surface area contributed by atoms with Crippen molar-refractivity contribution in [3.8, 4) is 6.07 Å². The van der Waals surface area contributed by atoms with Gasteiger partial charge in [0, 0.05) is 16.6 Å². The van der Waals surface area contributed by atoms with E-state index in [9.17, 15) is 4.21 Å². The minimum Gasteiger partial charge on any atom is -0.258 e. The van der Waals surface area contributed by atoms with Gasteiger partial charge in [-0.3, -0.25) is 4.21 Å². The molecule has 0 N–H and O–H groups in total. The summed E-state index contributed by atoms with van der Waals surface area (Å²) in [6.07, 6.45) is 0.